The molecule has 1 saturated carbocycles. The molecule has 20 heavy (non-hydrogen) atoms. The molecule has 2 heterocycles. The molecular weight excluding hydrogens is 344 g/mol. The van der Waals surface area contributed by atoms with Crippen LogP contribution in [0.25, 0.3) is 0 Å². The van der Waals surface area contributed by atoms with Gasteiger partial charge in [-0.15, -0.1) is 0 Å². The van der Waals surface area contributed by atoms with Gasteiger partial charge in [0.15, 0.2) is 0 Å². The van der Waals surface area contributed by atoms with E-state index in [0.717, 1.165) is 12.8 Å². The maximum absolute atomic E-state index is 12.7. The van der Waals surface area contributed by atoms with E-state index in [-0.39, 0.29) is 17.5 Å². The second-order valence-corrected chi connectivity index (χ2v) is 7.51. The van der Waals surface area contributed by atoms with E-state index in [1.807, 2.05) is 0 Å². The summed E-state index contributed by atoms with van der Waals surface area (Å²) in [5.41, 5.74) is 0. The summed E-state index contributed by atoms with van der Waals surface area (Å²) in [5, 5.41) is 0. The number of pyridine rings is 1. The molecule has 106 valence electrons. The van der Waals surface area contributed by atoms with Gasteiger partial charge in [0, 0.05) is 22.9 Å². The van der Waals surface area contributed by atoms with Crippen molar-refractivity contribution in [2.24, 2.45) is 0 Å². The third kappa shape index (κ3) is 2.79. The Bertz CT molecular complexity index is 696. The van der Waals surface area contributed by atoms with E-state index >= 15 is 0 Å². The van der Waals surface area contributed by atoms with E-state index in [1.165, 1.54) is 10.5 Å². The van der Waals surface area contributed by atoms with Crippen LogP contribution in [0.1, 0.15) is 18.6 Å². The van der Waals surface area contributed by atoms with Crippen LogP contribution in [-0.4, -0.2) is 23.7 Å². The molecule has 0 atom stereocenters. The summed E-state index contributed by atoms with van der Waals surface area (Å²) in [6.45, 7) is 0.256. The fourth-order valence-electron chi connectivity index (χ4n) is 2.00. The standard InChI is InChI=1S/C13H13BrN2O3S/c14-10-6-13(8-15-7-10)20(17,18)16(11-3-4-11)9-12-2-1-5-19-12/h1-2,5-8,11H,3-4,9H2. The number of aromatic nitrogens is 1. The van der Waals surface area contributed by atoms with E-state index in [0.29, 0.717) is 10.2 Å². The fourth-order valence-corrected chi connectivity index (χ4v) is 4.16. The van der Waals surface area contributed by atoms with Gasteiger partial charge in [0.25, 0.3) is 0 Å². The van der Waals surface area contributed by atoms with Gasteiger partial charge in [0.05, 0.1) is 12.8 Å². The molecule has 0 aliphatic heterocycles. The quantitative estimate of drug-likeness (QED) is 0.826. The molecule has 1 aliphatic rings. The smallest absolute Gasteiger partial charge is 0.245 e. The Morgan fingerprint density at radius 1 is 1.40 bits per heavy atom. The first-order valence-electron chi connectivity index (χ1n) is 6.22. The fraction of sp³-hybridized carbons (Fsp3) is 0.308. The van der Waals surface area contributed by atoms with E-state index < -0.39 is 10.0 Å². The lowest BCUT2D eigenvalue weighted by atomic mass is 10.4. The molecule has 0 spiro atoms. The third-order valence-corrected chi connectivity index (χ3v) is 5.43. The summed E-state index contributed by atoms with van der Waals surface area (Å²) >= 11 is 3.25. The molecule has 2 aromatic heterocycles. The van der Waals surface area contributed by atoms with Crippen LogP contribution in [0.3, 0.4) is 0 Å². The second kappa shape index (κ2) is 5.31. The molecule has 0 aromatic carbocycles. The first kappa shape index (κ1) is 13.8. The Hall–Kier alpha value is -1.18. The van der Waals surface area contributed by atoms with Crippen LogP contribution in [0, 0.1) is 0 Å². The molecule has 1 aliphatic carbocycles. The van der Waals surface area contributed by atoms with Crippen molar-refractivity contribution >= 4 is 26.0 Å². The topological polar surface area (TPSA) is 63.4 Å². The van der Waals surface area contributed by atoms with Gasteiger partial charge in [0.2, 0.25) is 10.0 Å². The molecule has 0 amide bonds. The zero-order chi connectivity index (χ0) is 14.2. The molecule has 0 radical (unpaired) electrons. The number of halogens is 1. The Balaban J connectivity index is 1.94. The van der Waals surface area contributed by atoms with Crippen LogP contribution < -0.4 is 0 Å². The number of furan rings is 1. The lowest BCUT2D eigenvalue weighted by molar-refractivity contribution is 0.356. The zero-order valence-corrected chi connectivity index (χ0v) is 13.0. The summed E-state index contributed by atoms with van der Waals surface area (Å²) in [7, 11) is -3.56. The molecule has 0 N–H and O–H groups in total. The summed E-state index contributed by atoms with van der Waals surface area (Å²) in [4.78, 5) is 4.13. The predicted molar refractivity (Wildman–Crippen MR) is 76.4 cm³/mol. The van der Waals surface area contributed by atoms with Crippen LogP contribution in [0.4, 0.5) is 0 Å². The molecule has 1 fully saturated rings. The monoisotopic (exact) mass is 356 g/mol. The molecule has 5 nitrogen and oxygen atoms in total. The van der Waals surface area contributed by atoms with Gasteiger partial charge < -0.3 is 4.42 Å². The van der Waals surface area contributed by atoms with Crippen LogP contribution in [0.2, 0.25) is 0 Å². The van der Waals surface area contributed by atoms with Crippen molar-refractivity contribution < 1.29 is 12.8 Å². The molecule has 3 rings (SSSR count). The normalized spacial score (nSPS) is 15.7. The largest absolute Gasteiger partial charge is 0.468 e. The van der Waals surface area contributed by atoms with Crippen LogP contribution in [-0.2, 0) is 16.6 Å². The van der Waals surface area contributed by atoms with Crippen molar-refractivity contribution in [2.75, 3.05) is 0 Å². The van der Waals surface area contributed by atoms with Gasteiger partial charge in [-0.25, -0.2) is 8.42 Å². The first-order chi connectivity index (χ1) is 9.57. The highest BCUT2D eigenvalue weighted by molar-refractivity contribution is 9.10. The predicted octanol–water partition coefficient (Wildman–Crippen LogP) is 2.79. The SMILES string of the molecule is O=S(=O)(c1cncc(Br)c1)N(Cc1ccco1)C1CC1. The van der Waals surface area contributed by atoms with Gasteiger partial charge in [-0.1, -0.05) is 0 Å². The summed E-state index contributed by atoms with van der Waals surface area (Å²) in [6.07, 6.45) is 6.26. The summed E-state index contributed by atoms with van der Waals surface area (Å²) in [5.74, 6) is 0.642. The minimum atomic E-state index is -3.56. The Labute approximate surface area is 125 Å². The van der Waals surface area contributed by atoms with Crippen molar-refractivity contribution in [3.05, 3.63) is 47.1 Å². The maximum Gasteiger partial charge on any atom is 0.245 e. The Morgan fingerprint density at radius 3 is 2.80 bits per heavy atom. The summed E-state index contributed by atoms with van der Waals surface area (Å²) < 4.78 is 32.8. The maximum atomic E-state index is 12.7. The minimum absolute atomic E-state index is 0.0593. The van der Waals surface area contributed by atoms with Crippen molar-refractivity contribution in [3.8, 4) is 0 Å². The molecule has 0 unspecified atom stereocenters. The number of rotatable bonds is 5. The highest BCUT2D eigenvalue weighted by Crippen LogP contribution is 2.33. The Morgan fingerprint density at radius 2 is 2.20 bits per heavy atom. The second-order valence-electron chi connectivity index (χ2n) is 4.70. The van der Waals surface area contributed by atoms with Crippen LogP contribution in [0.5, 0.6) is 0 Å². The highest BCUT2D eigenvalue weighted by atomic mass is 79.9. The van der Waals surface area contributed by atoms with Gasteiger partial charge >= 0.3 is 0 Å². The van der Waals surface area contributed by atoms with Gasteiger partial charge in [0.1, 0.15) is 10.7 Å². The van der Waals surface area contributed by atoms with E-state index in [9.17, 15) is 8.42 Å². The van der Waals surface area contributed by atoms with Gasteiger partial charge in [-0.2, -0.15) is 4.31 Å². The van der Waals surface area contributed by atoms with Crippen molar-refractivity contribution in [1.29, 1.82) is 0 Å². The van der Waals surface area contributed by atoms with E-state index in [2.05, 4.69) is 20.9 Å². The van der Waals surface area contributed by atoms with E-state index in [1.54, 1.807) is 30.7 Å². The van der Waals surface area contributed by atoms with Crippen molar-refractivity contribution in [2.45, 2.75) is 30.3 Å². The van der Waals surface area contributed by atoms with Crippen LogP contribution >= 0.6 is 15.9 Å². The highest BCUT2D eigenvalue weighted by Gasteiger charge is 2.38. The lowest BCUT2D eigenvalue weighted by Gasteiger charge is -2.20. The Kier molecular flexibility index (Phi) is 3.66. The van der Waals surface area contributed by atoms with Gasteiger partial charge in [-0.05, 0) is 47.0 Å². The van der Waals surface area contributed by atoms with E-state index in [4.69, 9.17) is 4.42 Å². The molecule has 7 heteroatoms. The number of hydrogen-bond donors (Lipinski definition) is 0. The van der Waals surface area contributed by atoms with Gasteiger partial charge in [-0.3, -0.25) is 4.98 Å². The number of sulfonamides is 1. The number of nitrogens with zero attached hydrogens (tertiary/aromatic N) is 2. The molecular formula is C13H13BrN2O3S. The lowest BCUT2D eigenvalue weighted by Crippen LogP contribution is -2.32. The molecule has 2 aromatic rings. The minimum Gasteiger partial charge on any atom is -0.468 e. The average molecular weight is 357 g/mol. The van der Waals surface area contributed by atoms with Crippen molar-refractivity contribution in [3.63, 3.8) is 0 Å². The zero-order valence-electron chi connectivity index (χ0n) is 10.6. The average Bonchev–Trinajstić information content (AvgIpc) is 3.12. The molecule has 0 saturated heterocycles. The number of hydrogen-bond acceptors (Lipinski definition) is 4. The van der Waals surface area contributed by atoms with Crippen LogP contribution in [0.15, 0.2) is 50.6 Å². The van der Waals surface area contributed by atoms with Crippen molar-refractivity contribution in [1.82, 2.24) is 9.29 Å². The summed E-state index contributed by atoms with van der Waals surface area (Å²) in [6, 6.07) is 5.17. The third-order valence-electron chi connectivity index (χ3n) is 3.13. The first-order valence-corrected chi connectivity index (χ1v) is 8.45. The molecule has 0 bridgehead atoms.